The molecule has 3 heteroatoms. The Balaban J connectivity index is 1.41. The fourth-order valence-corrected chi connectivity index (χ4v) is 3.51. The molecule has 0 fully saturated rings. The highest BCUT2D eigenvalue weighted by atomic mass is 16.5. The van der Waals surface area contributed by atoms with Crippen LogP contribution in [0.1, 0.15) is 35.2 Å². The van der Waals surface area contributed by atoms with E-state index in [2.05, 4.69) is 47.8 Å². The second-order valence-electron chi connectivity index (χ2n) is 5.98. The van der Waals surface area contributed by atoms with Crippen LogP contribution in [0, 0.1) is 0 Å². The second-order valence-corrected chi connectivity index (χ2v) is 5.98. The molecule has 3 unspecified atom stereocenters. The topological polar surface area (TPSA) is 47.3 Å². The summed E-state index contributed by atoms with van der Waals surface area (Å²) in [4.78, 5) is 0. The van der Waals surface area contributed by atoms with E-state index in [-0.39, 0.29) is 12.1 Å². The van der Waals surface area contributed by atoms with Gasteiger partial charge in [0, 0.05) is 25.0 Å². The maximum absolute atomic E-state index is 6.22. The van der Waals surface area contributed by atoms with Gasteiger partial charge in [-0.2, -0.15) is 0 Å². The summed E-state index contributed by atoms with van der Waals surface area (Å²) >= 11 is 0. The normalized spacial score (nSPS) is 26.2. The molecule has 108 valence electrons. The van der Waals surface area contributed by atoms with Gasteiger partial charge in [-0.15, -0.1) is 0 Å². The summed E-state index contributed by atoms with van der Waals surface area (Å²) in [6, 6.07) is 17.3. The fourth-order valence-electron chi connectivity index (χ4n) is 3.51. The summed E-state index contributed by atoms with van der Waals surface area (Å²) in [6.45, 7) is 0.862. The van der Waals surface area contributed by atoms with E-state index in [1.54, 1.807) is 0 Å². The highest BCUT2D eigenvalue weighted by Crippen LogP contribution is 2.37. The van der Waals surface area contributed by atoms with Crippen molar-refractivity contribution >= 4 is 0 Å². The highest BCUT2D eigenvalue weighted by molar-refractivity contribution is 5.38. The maximum atomic E-state index is 6.22. The summed E-state index contributed by atoms with van der Waals surface area (Å²) in [6.07, 6.45) is 2.19. The zero-order valence-electron chi connectivity index (χ0n) is 12.0. The molecule has 3 nitrogen and oxygen atoms in total. The van der Waals surface area contributed by atoms with Gasteiger partial charge >= 0.3 is 0 Å². The zero-order chi connectivity index (χ0) is 14.2. The molecule has 3 N–H and O–H groups in total. The number of ether oxygens (including phenoxy) is 1. The van der Waals surface area contributed by atoms with Gasteiger partial charge in [-0.1, -0.05) is 42.5 Å². The number of hydrogen-bond donors (Lipinski definition) is 2. The second kappa shape index (κ2) is 5.17. The molecule has 1 heterocycles. The molecule has 1 aliphatic heterocycles. The Morgan fingerprint density at radius 3 is 2.67 bits per heavy atom. The largest absolute Gasteiger partial charge is 0.488 e. The lowest BCUT2D eigenvalue weighted by Crippen LogP contribution is -2.32. The van der Waals surface area contributed by atoms with Crippen molar-refractivity contribution in [3.05, 3.63) is 65.2 Å². The van der Waals surface area contributed by atoms with Crippen molar-refractivity contribution in [3.63, 3.8) is 0 Å². The summed E-state index contributed by atoms with van der Waals surface area (Å²) in [5, 5.41) is 3.64. The first-order chi connectivity index (χ1) is 10.3. The van der Waals surface area contributed by atoms with Crippen molar-refractivity contribution in [3.8, 4) is 5.75 Å². The van der Waals surface area contributed by atoms with Gasteiger partial charge in [-0.3, -0.25) is 0 Å². The molecule has 2 aliphatic rings. The molecular weight excluding hydrogens is 260 g/mol. The van der Waals surface area contributed by atoms with Crippen molar-refractivity contribution in [2.45, 2.75) is 31.0 Å². The van der Waals surface area contributed by atoms with Crippen molar-refractivity contribution in [2.75, 3.05) is 6.54 Å². The van der Waals surface area contributed by atoms with Crippen molar-refractivity contribution in [1.29, 1.82) is 0 Å². The van der Waals surface area contributed by atoms with Crippen LogP contribution in [-0.4, -0.2) is 12.6 Å². The van der Waals surface area contributed by atoms with Crippen LogP contribution in [0.15, 0.2) is 48.5 Å². The number of nitrogens with two attached hydrogens (primary N) is 1. The van der Waals surface area contributed by atoms with Crippen LogP contribution < -0.4 is 15.8 Å². The average Bonchev–Trinajstić information content (AvgIpc) is 3.07. The number of nitrogens with one attached hydrogen (secondary N) is 1. The van der Waals surface area contributed by atoms with Crippen LogP contribution in [0.3, 0.4) is 0 Å². The Hall–Kier alpha value is -1.84. The van der Waals surface area contributed by atoms with E-state index < -0.39 is 0 Å². The minimum Gasteiger partial charge on any atom is -0.488 e. The summed E-state index contributed by atoms with van der Waals surface area (Å²) < 4.78 is 5.99. The molecule has 0 aromatic heterocycles. The molecule has 3 atom stereocenters. The van der Waals surface area contributed by atoms with Crippen LogP contribution >= 0.6 is 0 Å². The average molecular weight is 280 g/mol. The van der Waals surface area contributed by atoms with Crippen LogP contribution in [0.5, 0.6) is 5.75 Å². The Labute approximate surface area is 125 Å². The maximum Gasteiger partial charge on any atom is 0.123 e. The number of fused-ring (bicyclic) bond motifs is 2. The molecule has 1 aliphatic carbocycles. The Morgan fingerprint density at radius 2 is 1.81 bits per heavy atom. The van der Waals surface area contributed by atoms with Crippen molar-refractivity contribution < 1.29 is 4.74 Å². The third-order valence-electron chi connectivity index (χ3n) is 4.57. The van der Waals surface area contributed by atoms with Crippen LogP contribution in [-0.2, 0) is 6.42 Å². The number of rotatable bonds is 3. The smallest absolute Gasteiger partial charge is 0.123 e. The molecule has 0 saturated carbocycles. The Kier molecular flexibility index (Phi) is 3.17. The van der Waals surface area contributed by atoms with E-state index in [1.165, 1.54) is 16.7 Å². The van der Waals surface area contributed by atoms with Gasteiger partial charge in [-0.05, 0) is 29.2 Å². The molecule has 2 aromatic rings. The summed E-state index contributed by atoms with van der Waals surface area (Å²) in [5.74, 6) is 1.04. The third-order valence-corrected chi connectivity index (χ3v) is 4.57. The van der Waals surface area contributed by atoms with Crippen molar-refractivity contribution in [2.24, 2.45) is 5.73 Å². The lowest BCUT2D eigenvalue weighted by atomic mass is 10.1. The van der Waals surface area contributed by atoms with Crippen LogP contribution in [0.4, 0.5) is 0 Å². The van der Waals surface area contributed by atoms with Gasteiger partial charge < -0.3 is 15.8 Å². The van der Waals surface area contributed by atoms with Gasteiger partial charge in [0.15, 0.2) is 0 Å². The molecule has 2 aromatic carbocycles. The quantitative estimate of drug-likeness (QED) is 0.909. The Bertz CT molecular complexity index is 630. The van der Waals surface area contributed by atoms with Crippen molar-refractivity contribution in [1.82, 2.24) is 5.32 Å². The lowest BCUT2D eigenvalue weighted by Gasteiger charge is -2.17. The fraction of sp³-hybridized carbons (Fsp3) is 0.333. The van der Waals surface area contributed by atoms with E-state index in [0.717, 1.165) is 25.1 Å². The van der Waals surface area contributed by atoms with E-state index in [9.17, 15) is 0 Å². The minimum absolute atomic E-state index is 0.153. The first-order valence-electron chi connectivity index (χ1n) is 7.63. The van der Waals surface area contributed by atoms with E-state index in [0.29, 0.717) is 6.04 Å². The molecule has 0 radical (unpaired) electrons. The number of para-hydroxylation sites is 1. The molecule has 0 saturated heterocycles. The monoisotopic (exact) mass is 280 g/mol. The minimum atomic E-state index is 0.153. The first kappa shape index (κ1) is 12.9. The molecule has 0 spiro atoms. The predicted molar refractivity (Wildman–Crippen MR) is 83.3 cm³/mol. The van der Waals surface area contributed by atoms with Crippen LogP contribution in [0.2, 0.25) is 0 Å². The van der Waals surface area contributed by atoms with Gasteiger partial charge in [0.25, 0.3) is 0 Å². The third kappa shape index (κ3) is 2.33. The highest BCUT2D eigenvalue weighted by Gasteiger charge is 2.29. The molecule has 0 amide bonds. The van der Waals surface area contributed by atoms with Crippen LogP contribution in [0.25, 0.3) is 0 Å². The zero-order valence-corrected chi connectivity index (χ0v) is 12.0. The molecule has 4 rings (SSSR count). The van der Waals surface area contributed by atoms with Gasteiger partial charge in [0.1, 0.15) is 11.9 Å². The lowest BCUT2D eigenvalue weighted by molar-refractivity contribution is 0.220. The van der Waals surface area contributed by atoms with E-state index in [4.69, 9.17) is 10.5 Å². The number of benzene rings is 2. The summed E-state index contributed by atoms with van der Waals surface area (Å²) in [5.41, 5.74) is 10.2. The molecular formula is C18H20N2O. The van der Waals surface area contributed by atoms with Gasteiger partial charge in [-0.25, -0.2) is 0 Å². The SMILES string of the molecule is NC1CC(NCC2Cc3ccccc3O2)c2ccccc21. The molecule has 21 heavy (non-hydrogen) atoms. The van der Waals surface area contributed by atoms with Gasteiger partial charge in [0.2, 0.25) is 0 Å². The van der Waals surface area contributed by atoms with E-state index in [1.807, 2.05) is 6.07 Å². The standard InChI is InChI=1S/C18H20N2O/c19-16-10-17(15-7-3-2-6-14(15)16)20-11-13-9-12-5-1-4-8-18(12)21-13/h1-8,13,16-17,20H,9-11,19H2. The van der Waals surface area contributed by atoms with E-state index >= 15 is 0 Å². The predicted octanol–water partition coefficient (Wildman–Crippen LogP) is 2.72. The first-order valence-corrected chi connectivity index (χ1v) is 7.63. The molecule has 0 bridgehead atoms. The number of hydrogen-bond acceptors (Lipinski definition) is 3. The Morgan fingerprint density at radius 1 is 1.05 bits per heavy atom. The van der Waals surface area contributed by atoms with Gasteiger partial charge in [0.05, 0.1) is 0 Å². The summed E-state index contributed by atoms with van der Waals surface area (Å²) in [7, 11) is 0.